The van der Waals surface area contributed by atoms with E-state index >= 15 is 0 Å². The van der Waals surface area contributed by atoms with Gasteiger partial charge in [-0.1, -0.05) is 6.07 Å². The molecule has 0 amide bonds. The molecule has 16 heavy (non-hydrogen) atoms. The molecule has 2 nitrogen and oxygen atoms in total. The van der Waals surface area contributed by atoms with Gasteiger partial charge in [0.15, 0.2) is 0 Å². The first-order valence-corrected chi connectivity index (χ1v) is 6.06. The Balaban J connectivity index is 2.02. The fourth-order valence-electron chi connectivity index (χ4n) is 2.42. The molecule has 0 aliphatic heterocycles. The fourth-order valence-corrected chi connectivity index (χ4v) is 2.42. The van der Waals surface area contributed by atoms with Gasteiger partial charge >= 0.3 is 0 Å². The maximum atomic E-state index is 9.59. The van der Waals surface area contributed by atoms with Gasteiger partial charge in [-0.25, -0.2) is 0 Å². The molecule has 1 fully saturated rings. The number of hydrogen-bond acceptors (Lipinski definition) is 2. The van der Waals surface area contributed by atoms with Crippen molar-refractivity contribution in [2.75, 3.05) is 0 Å². The topological polar surface area (TPSA) is 29.5 Å². The van der Waals surface area contributed by atoms with Gasteiger partial charge in [0.1, 0.15) is 11.9 Å². The highest BCUT2D eigenvalue weighted by molar-refractivity contribution is 5.33. The van der Waals surface area contributed by atoms with Gasteiger partial charge in [-0.2, -0.15) is 0 Å². The summed E-state index contributed by atoms with van der Waals surface area (Å²) >= 11 is 0. The minimum atomic E-state index is -0.176. The minimum Gasteiger partial charge on any atom is -0.490 e. The SMILES string of the molecule is Cc1cc(C)cc(OC2CCCC(O)C2)c1. The van der Waals surface area contributed by atoms with Gasteiger partial charge in [0.2, 0.25) is 0 Å². The van der Waals surface area contributed by atoms with Crippen molar-refractivity contribution in [3.63, 3.8) is 0 Å². The van der Waals surface area contributed by atoms with Gasteiger partial charge in [0.25, 0.3) is 0 Å². The molecule has 0 saturated heterocycles. The number of aliphatic hydroxyl groups excluding tert-OH is 1. The summed E-state index contributed by atoms with van der Waals surface area (Å²) in [6.07, 6.45) is 3.83. The Kier molecular flexibility index (Phi) is 3.49. The van der Waals surface area contributed by atoms with Crippen LogP contribution in [0, 0.1) is 13.8 Å². The Morgan fingerprint density at radius 3 is 2.44 bits per heavy atom. The Morgan fingerprint density at radius 1 is 1.12 bits per heavy atom. The first kappa shape index (κ1) is 11.5. The normalized spacial score (nSPS) is 25.4. The van der Waals surface area contributed by atoms with E-state index in [-0.39, 0.29) is 12.2 Å². The Morgan fingerprint density at radius 2 is 1.81 bits per heavy atom. The van der Waals surface area contributed by atoms with Crippen LogP contribution >= 0.6 is 0 Å². The standard InChI is InChI=1S/C14H20O2/c1-10-6-11(2)8-14(7-10)16-13-5-3-4-12(15)9-13/h6-8,12-13,15H,3-5,9H2,1-2H3. The molecule has 2 unspecified atom stereocenters. The van der Waals surface area contributed by atoms with E-state index in [1.807, 2.05) is 0 Å². The van der Waals surface area contributed by atoms with E-state index in [1.165, 1.54) is 11.1 Å². The summed E-state index contributed by atoms with van der Waals surface area (Å²) in [7, 11) is 0. The highest BCUT2D eigenvalue weighted by atomic mass is 16.5. The van der Waals surface area contributed by atoms with Gasteiger partial charge < -0.3 is 9.84 Å². The third kappa shape index (κ3) is 2.99. The maximum Gasteiger partial charge on any atom is 0.120 e. The van der Waals surface area contributed by atoms with Gasteiger partial charge in [-0.05, 0) is 56.4 Å². The lowest BCUT2D eigenvalue weighted by atomic mass is 9.95. The third-order valence-corrected chi connectivity index (χ3v) is 3.10. The summed E-state index contributed by atoms with van der Waals surface area (Å²) in [6.45, 7) is 4.16. The molecule has 88 valence electrons. The highest BCUT2D eigenvalue weighted by Gasteiger charge is 2.21. The Bertz CT molecular complexity index is 340. The van der Waals surface area contributed by atoms with Gasteiger partial charge in [0.05, 0.1) is 6.10 Å². The lowest BCUT2D eigenvalue weighted by Crippen LogP contribution is -2.28. The molecule has 1 aliphatic carbocycles. The van der Waals surface area contributed by atoms with E-state index in [9.17, 15) is 5.11 Å². The maximum absolute atomic E-state index is 9.59. The number of hydrogen-bond donors (Lipinski definition) is 1. The predicted molar refractivity (Wildman–Crippen MR) is 64.8 cm³/mol. The summed E-state index contributed by atoms with van der Waals surface area (Å²) in [4.78, 5) is 0. The number of aryl methyl sites for hydroxylation is 2. The Labute approximate surface area is 97.3 Å². The smallest absolute Gasteiger partial charge is 0.120 e. The van der Waals surface area contributed by atoms with Gasteiger partial charge in [0, 0.05) is 6.42 Å². The van der Waals surface area contributed by atoms with Crippen molar-refractivity contribution < 1.29 is 9.84 Å². The second kappa shape index (κ2) is 4.88. The van der Waals surface area contributed by atoms with Crippen LogP contribution in [0.3, 0.4) is 0 Å². The monoisotopic (exact) mass is 220 g/mol. The molecule has 1 aliphatic rings. The van der Waals surface area contributed by atoms with Crippen molar-refractivity contribution in [1.82, 2.24) is 0 Å². The summed E-state index contributed by atoms with van der Waals surface area (Å²) < 4.78 is 5.93. The van der Waals surface area contributed by atoms with E-state index in [0.29, 0.717) is 0 Å². The van der Waals surface area contributed by atoms with Gasteiger partial charge in [-0.15, -0.1) is 0 Å². The number of rotatable bonds is 2. The zero-order chi connectivity index (χ0) is 11.5. The third-order valence-electron chi connectivity index (χ3n) is 3.10. The minimum absolute atomic E-state index is 0.176. The second-order valence-electron chi connectivity index (χ2n) is 4.88. The van der Waals surface area contributed by atoms with Crippen molar-refractivity contribution in [3.8, 4) is 5.75 Å². The molecule has 2 heteroatoms. The largest absolute Gasteiger partial charge is 0.490 e. The molecular formula is C14H20O2. The number of ether oxygens (including phenoxy) is 1. The van der Waals surface area contributed by atoms with Crippen molar-refractivity contribution in [1.29, 1.82) is 0 Å². The molecule has 0 spiro atoms. The second-order valence-corrected chi connectivity index (χ2v) is 4.88. The van der Waals surface area contributed by atoms with Crippen LogP contribution in [0.2, 0.25) is 0 Å². The average molecular weight is 220 g/mol. The molecule has 1 aromatic carbocycles. The zero-order valence-electron chi connectivity index (χ0n) is 10.1. The molecule has 0 aromatic heterocycles. The molecule has 1 saturated carbocycles. The summed E-state index contributed by atoms with van der Waals surface area (Å²) in [6, 6.07) is 6.27. The zero-order valence-corrected chi connectivity index (χ0v) is 10.1. The first-order valence-electron chi connectivity index (χ1n) is 6.06. The first-order chi connectivity index (χ1) is 7.63. The molecule has 0 radical (unpaired) electrons. The van der Waals surface area contributed by atoms with Crippen LogP contribution < -0.4 is 4.74 Å². The van der Waals surface area contributed by atoms with E-state index in [4.69, 9.17) is 4.74 Å². The van der Waals surface area contributed by atoms with E-state index < -0.39 is 0 Å². The summed E-state index contributed by atoms with van der Waals surface area (Å²) in [5.74, 6) is 0.941. The molecule has 1 N–H and O–H groups in total. The van der Waals surface area contributed by atoms with Crippen LogP contribution in [-0.2, 0) is 0 Å². The number of benzene rings is 1. The molecule has 0 bridgehead atoms. The molecule has 2 atom stereocenters. The summed E-state index contributed by atoms with van der Waals surface area (Å²) in [5, 5.41) is 9.59. The fraction of sp³-hybridized carbons (Fsp3) is 0.571. The molecule has 2 rings (SSSR count). The van der Waals surface area contributed by atoms with Crippen molar-refractivity contribution in [2.45, 2.75) is 51.7 Å². The van der Waals surface area contributed by atoms with Crippen LogP contribution in [-0.4, -0.2) is 17.3 Å². The lowest BCUT2D eigenvalue weighted by Gasteiger charge is -2.26. The predicted octanol–water partition coefficient (Wildman–Crippen LogP) is 2.99. The molecular weight excluding hydrogens is 200 g/mol. The van der Waals surface area contributed by atoms with E-state index in [2.05, 4.69) is 32.0 Å². The van der Waals surface area contributed by atoms with Crippen LogP contribution in [0.4, 0.5) is 0 Å². The Hall–Kier alpha value is -1.02. The molecule has 0 heterocycles. The quantitative estimate of drug-likeness (QED) is 0.830. The average Bonchev–Trinajstić information content (AvgIpc) is 2.15. The molecule has 1 aromatic rings. The van der Waals surface area contributed by atoms with Crippen molar-refractivity contribution in [3.05, 3.63) is 29.3 Å². The van der Waals surface area contributed by atoms with E-state index in [0.717, 1.165) is 31.4 Å². The van der Waals surface area contributed by atoms with Crippen molar-refractivity contribution >= 4 is 0 Å². The van der Waals surface area contributed by atoms with Crippen LogP contribution in [0.15, 0.2) is 18.2 Å². The summed E-state index contributed by atoms with van der Waals surface area (Å²) in [5.41, 5.74) is 2.46. The van der Waals surface area contributed by atoms with Crippen molar-refractivity contribution in [2.24, 2.45) is 0 Å². The number of aliphatic hydroxyl groups is 1. The van der Waals surface area contributed by atoms with Gasteiger partial charge in [-0.3, -0.25) is 0 Å². The van der Waals surface area contributed by atoms with Crippen LogP contribution in [0.25, 0.3) is 0 Å². The van der Waals surface area contributed by atoms with Crippen LogP contribution in [0.5, 0.6) is 5.75 Å². The van der Waals surface area contributed by atoms with Crippen LogP contribution in [0.1, 0.15) is 36.8 Å². The lowest BCUT2D eigenvalue weighted by molar-refractivity contribution is 0.0536. The van der Waals surface area contributed by atoms with E-state index in [1.54, 1.807) is 0 Å². The highest BCUT2D eigenvalue weighted by Crippen LogP contribution is 2.25.